The van der Waals surface area contributed by atoms with Gasteiger partial charge in [0.2, 0.25) is 0 Å². The predicted molar refractivity (Wildman–Crippen MR) is 115 cm³/mol. The highest BCUT2D eigenvalue weighted by atomic mass is 127. The maximum atomic E-state index is 13.9. The van der Waals surface area contributed by atoms with Crippen molar-refractivity contribution < 1.29 is 16.9 Å². The van der Waals surface area contributed by atoms with E-state index >= 15 is 0 Å². The smallest absolute Gasteiger partial charge is 0.114 e. The zero-order valence-electron chi connectivity index (χ0n) is 17.7. The molecule has 2 saturated heterocycles. The van der Waals surface area contributed by atoms with Gasteiger partial charge in [-0.2, -0.15) is 0 Å². The van der Waals surface area contributed by atoms with Gasteiger partial charge >= 0.3 is 0 Å². The Morgan fingerprint density at radius 2 is 1.78 bits per heavy atom. The number of alkyl halides is 1. The molecule has 0 saturated carbocycles. The van der Waals surface area contributed by atoms with Crippen LogP contribution in [0.25, 0.3) is 0 Å². The average molecular weight is 500 g/mol. The first-order chi connectivity index (χ1) is 12.7. The number of halogens is 2. The molecule has 0 spiro atoms. The van der Waals surface area contributed by atoms with Crippen molar-refractivity contribution in [1.82, 2.24) is 9.80 Å². The van der Waals surface area contributed by atoms with Crippen LogP contribution < -0.4 is 0 Å². The average Bonchev–Trinajstić information content (AvgIpc) is 3.12. The van der Waals surface area contributed by atoms with Crippen molar-refractivity contribution in [3.8, 4) is 0 Å². The van der Waals surface area contributed by atoms with Crippen LogP contribution in [0.15, 0.2) is 0 Å². The molecule has 2 aliphatic heterocycles. The summed E-state index contributed by atoms with van der Waals surface area (Å²) in [7, 11) is 2.01. The Morgan fingerprint density at radius 3 is 2.30 bits per heavy atom. The minimum absolute atomic E-state index is 0.0530. The predicted octanol–water partition coefficient (Wildman–Crippen LogP) is 3.84. The molecule has 2 heterocycles. The summed E-state index contributed by atoms with van der Waals surface area (Å²) >= 11 is 2.02. The monoisotopic (exact) mass is 500 g/mol. The van der Waals surface area contributed by atoms with Crippen LogP contribution in [0.4, 0.5) is 4.39 Å². The maximum absolute atomic E-state index is 13.9. The quantitative estimate of drug-likeness (QED) is 0.426. The Bertz CT molecular complexity index is 443. The number of likely N-dealkylation sites (tertiary alicyclic amines) is 2. The van der Waals surface area contributed by atoms with Crippen LogP contribution in [-0.4, -0.2) is 85.3 Å². The standard InChI is InChI=1S/C20H38FIN2O3/c1-13(2)25-15(5)20-19(27-22)8-10-24(20)9-7-18(26-14(3)4)17-11-16(21)12-23(17)6/h13-20H,7-12H2,1-6H3/t15-,16+,17-,18-,19-,20+/m0/s1. The summed E-state index contributed by atoms with van der Waals surface area (Å²) in [5.74, 6) is 0. The maximum Gasteiger partial charge on any atom is 0.114 e. The number of likely N-dealkylation sites (N-methyl/N-ethyl adjacent to an activating group) is 1. The van der Waals surface area contributed by atoms with Crippen LogP contribution in [0.2, 0.25) is 0 Å². The molecule has 0 bridgehead atoms. The van der Waals surface area contributed by atoms with Crippen molar-refractivity contribution in [3.05, 3.63) is 0 Å². The normalized spacial score (nSPS) is 32.7. The number of hydrogen-bond acceptors (Lipinski definition) is 5. The highest BCUT2D eigenvalue weighted by molar-refractivity contribution is 14.1. The fourth-order valence-corrected chi connectivity index (χ4v) is 5.26. The van der Waals surface area contributed by atoms with Gasteiger partial charge in [0.15, 0.2) is 0 Å². The Hall–Kier alpha value is 0.460. The zero-order valence-corrected chi connectivity index (χ0v) is 19.9. The van der Waals surface area contributed by atoms with E-state index in [0.717, 1.165) is 25.9 Å². The van der Waals surface area contributed by atoms with Crippen molar-refractivity contribution in [2.75, 3.05) is 26.7 Å². The lowest BCUT2D eigenvalue weighted by atomic mass is 10.0. The molecule has 0 aromatic carbocycles. The Morgan fingerprint density at radius 1 is 1.11 bits per heavy atom. The SMILES string of the molecule is CC(C)O[C@@H](C)[C@@H]1[C@@H](OI)CCN1CC[C@H](OC(C)C)[C@@H]1C[C@@H](F)CN1C. The van der Waals surface area contributed by atoms with E-state index in [0.29, 0.717) is 13.0 Å². The lowest BCUT2D eigenvalue weighted by Crippen LogP contribution is -2.47. The van der Waals surface area contributed by atoms with Crippen molar-refractivity contribution in [2.45, 2.75) is 103 Å². The second-order valence-corrected chi connectivity index (χ2v) is 9.19. The molecule has 0 aromatic heterocycles. The van der Waals surface area contributed by atoms with Crippen LogP contribution in [0.1, 0.15) is 53.9 Å². The van der Waals surface area contributed by atoms with Gasteiger partial charge in [-0.05, 0) is 60.9 Å². The van der Waals surface area contributed by atoms with E-state index in [1.54, 1.807) is 0 Å². The summed E-state index contributed by atoms with van der Waals surface area (Å²) in [6.45, 7) is 12.9. The summed E-state index contributed by atoms with van der Waals surface area (Å²) < 4.78 is 31.9. The Kier molecular flexibility index (Phi) is 9.68. The molecule has 0 aliphatic carbocycles. The topological polar surface area (TPSA) is 34.2 Å². The lowest BCUT2D eigenvalue weighted by Gasteiger charge is -2.35. The summed E-state index contributed by atoms with van der Waals surface area (Å²) in [6.07, 6.45) is 2.45. The minimum Gasteiger partial charge on any atom is -0.374 e. The molecule has 0 radical (unpaired) electrons. The zero-order chi connectivity index (χ0) is 20.1. The third-order valence-electron chi connectivity index (χ3n) is 5.71. The van der Waals surface area contributed by atoms with Gasteiger partial charge in [-0.1, -0.05) is 0 Å². The summed E-state index contributed by atoms with van der Waals surface area (Å²) in [6, 6.07) is 0.406. The van der Waals surface area contributed by atoms with E-state index in [4.69, 9.17) is 12.5 Å². The van der Waals surface area contributed by atoms with Gasteiger partial charge < -0.3 is 12.5 Å². The van der Waals surface area contributed by atoms with Crippen LogP contribution >= 0.6 is 23.0 Å². The lowest BCUT2D eigenvalue weighted by molar-refractivity contribution is -0.0575. The Labute approximate surface area is 179 Å². The van der Waals surface area contributed by atoms with Gasteiger partial charge in [-0.3, -0.25) is 9.80 Å². The highest BCUT2D eigenvalue weighted by Crippen LogP contribution is 2.30. The molecular formula is C20H38FIN2O3. The molecule has 2 rings (SSSR count). The van der Waals surface area contributed by atoms with E-state index in [1.165, 1.54) is 0 Å². The second-order valence-electron chi connectivity index (χ2n) is 8.68. The molecule has 0 aromatic rings. The molecule has 160 valence electrons. The van der Waals surface area contributed by atoms with Gasteiger partial charge in [0, 0.05) is 25.7 Å². The number of hydrogen-bond donors (Lipinski definition) is 0. The van der Waals surface area contributed by atoms with E-state index in [1.807, 2.05) is 30.1 Å². The van der Waals surface area contributed by atoms with Crippen LogP contribution in [0.3, 0.4) is 0 Å². The van der Waals surface area contributed by atoms with E-state index in [-0.39, 0.29) is 42.6 Å². The first-order valence-corrected chi connectivity index (χ1v) is 11.3. The molecule has 2 aliphatic rings. The van der Waals surface area contributed by atoms with Crippen molar-refractivity contribution >= 4 is 23.0 Å². The van der Waals surface area contributed by atoms with Crippen molar-refractivity contribution in [2.24, 2.45) is 0 Å². The highest BCUT2D eigenvalue weighted by Gasteiger charge is 2.41. The summed E-state index contributed by atoms with van der Waals surface area (Å²) in [5.41, 5.74) is 0. The third kappa shape index (κ3) is 6.74. The second kappa shape index (κ2) is 11.0. The fraction of sp³-hybridized carbons (Fsp3) is 1.00. The third-order valence-corrected chi connectivity index (χ3v) is 6.37. The summed E-state index contributed by atoms with van der Waals surface area (Å²) in [4.78, 5) is 4.61. The van der Waals surface area contributed by atoms with Crippen molar-refractivity contribution in [3.63, 3.8) is 0 Å². The molecule has 27 heavy (non-hydrogen) atoms. The fourth-order valence-electron chi connectivity index (χ4n) is 4.71. The van der Waals surface area contributed by atoms with Gasteiger partial charge in [0.1, 0.15) is 29.2 Å². The van der Waals surface area contributed by atoms with Gasteiger partial charge in [-0.25, -0.2) is 4.39 Å². The minimum atomic E-state index is -0.742. The van der Waals surface area contributed by atoms with Crippen LogP contribution in [0, 0.1) is 0 Å². The van der Waals surface area contributed by atoms with E-state index < -0.39 is 6.17 Å². The van der Waals surface area contributed by atoms with E-state index in [9.17, 15) is 4.39 Å². The summed E-state index contributed by atoms with van der Waals surface area (Å²) in [5, 5.41) is 0. The number of ether oxygens (including phenoxy) is 2. The first kappa shape index (κ1) is 23.7. The number of rotatable bonds is 10. The number of nitrogens with zero attached hydrogens (tertiary/aromatic N) is 2. The Balaban J connectivity index is 2.01. The molecule has 6 atom stereocenters. The molecule has 7 heteroatoms. The van der Waals surface area contributed by atoms with E-state index in [2.05, 4.69) is 44.4 Å². The molecule has 0 unspecified atom stereocenters. The molecule has 2 fully saturated rings. The first-order valence-electron chi connectivity index (χ1n) is 10.4. The van der Waals surface area contributed by atoms with Crippen LogP contribution in [0.5, 0.6) is 0 Å². The molecule has 5 nitrogen and oxygen atoms in total. The van der Waals surface area contributed by atoms with Gasteiger partial charge in [0.25, 0.3) is 0 Å². The van der Waals surface area contributed by atoms with Gasteiger partial charge in [0.05, 0.1) is 36.6 Å². The van der Waals surface area contributed by atoms with Gasteiger partial charge in [-0.15, -0.1) is 0 Å². The molecule has 0 N–H and O–H groups in total. The van der Waals surface area contributed by atoms with Crippen LogP contribution in [-0.2, 0) is 12.5 Å². The largest absolute Gasteiger partial charge is 0.374 e. The molecule has 0 amide bonds. The van der Waals surface area contributed by atoms with Crippen molar-refractivity contribution in [1.29, 1.82) is 0 Å². The molecular weight excluding hydrogens is 462 g/mol.